The first-order valence-electron chi connectivity index (χ1n) is 7.91. The second-order valence-corrected chi connectivity index (χ2v) is 6.63. The average Bonchev–Trinajstić information content (AvgIpc) is 3.02. The zero-order valence-electron chi connectivity index (χ0n) is 14.8. The third kappa shape index (κ3) is 5.19. The second kappa shape index (κ2) is 8.66. The standard InChI is InChI=1S/C18H20BrN3O4/c1-11-5-4-6-12(2)17(11)21-15(23)10-22(3)16(24)9-20-18(25)13-7-8-14(19)26-13/h4-8H,9-10H2,1-3H3,(H,20,25)(H,21,23). The molecule has 0 radical (unpaired) electrons. The first-order valence-corrected chi connectivity index (χ1v) is 8.71. The maximum absolute atomic E-state index is 12.2. The fourth-order valence-electron chi connectivity index (χ4n) is 2.31. The molecule has 138 valence electrons. The summed E-state index contributed by atoms with van der Waals surface area (Å²) >= 11 is 3.10. The lowest BCUT2D eigenvalue weighted by atomic mass is 10.1. The zero-order chi connectivity index (χ0) is 19.3. The van der Waals surface area contributed by atoms with E-state index in [0.717, 1.165) is 16.8 Å². The quantitative estimate of drug-likeness (QED) is 0.749. The molecule has 0 fully saturated rings. The van der Waals surface area contributed by atoms with Crippen LogP contribution in [0.15, 0.2) is 39.4 Å². The zero-order valence-corrected chi connectivity index (χ0v) is 16.3. The number of nitrogens with zero attached hydrogens (tertiary/aromatic N) is 1. The molecule has 0 aliphatic rings. The van der Waals surface area contributed by atoms with E-state index in [1.165, 1.54) is 18.0 Å². The number of likely N-dealkylation sites (N-methyl/N-ethyl adjacent to an activating group) is 1. The lowest BCUT2D eigenvalue weighted by Crippen LogP contribution is -2.41. The Kier molecular flexibility index (Phi) is 6.57. The van der Waals surface area contributed by atoms with Gasteiger partial charge in [-0.2, -0.15) is 0 Å². The van der Waals surface area contributed by atoms with Crippen LogP contribution in [0, 0.1) is 13.8 Å². The van der Waals surface area contributed by atoms with Gasteiger partial charge < -0.3 is 20.0 Å². The molecule has 2 aromatic rings. The van der Waals surface area contributed by atoms with E-state index < -0.39 is 5.91 Å². The summed E-state index contributed by atoms with van der Waals surface area (Å²) in [6.07, 6.45) is 0. The van der Waals surface area contributed by atoms with E-state index in [0.29, 0.717) is 4.67 Å². The Labute approximate surface area is 159 Å². The van der Waals surface area contributed by atoms with E-state index in [4.69, 9.17) is 4.42 Å². The molecule has 0 unspecified atom stereocenters. The smallest absolute Gasteiger partial charge is 0.287 e. The van der Waals surface area contributed by atoms with Crippen LogP contribution < -0.4 is 10.6 Å². The number of anilines is 1. The molecule has 0 spiro atoms. The number of nitrogens with one attached hydrogen (secondary N) is 2. The van der Waals surface area contributed by atoms with Gasteiger partial charge in [0, 0.05) is 12.7 Å². The number of aryl methyl sites for hydroxylation is 2. The van der Waals surface area contributed by atoms with Gasteiger partial charge in [-0.3, -0.25) is 14.4 Å². The number of carbonyl (C=O) groups is 3. The normalized spacial score (nSPS) is 10.3. The molecule has 0 atom stereocenters. The summed E-state index contributed by atoms with van der Waals surface area (Å²) in [6, 6.07) is 8.79. The van der Waals surface area contributed by atoms with Crippen molar-refractivity contribution in [1.82, 2.24) is 10.2 Å². The number of halogens is 1. The number of para-hydroxylation sites is 1. The number of hydrogen-bond donors (Lipinski definition) is 2. The van der Waals surface area contributed by atoms with Gasteiger partial charge in [0.25, 0.3) is 5.91 Å². The van der Waals surface area contributed by atoms with Crippen molar-refractivity contribution in [3.05, 3.63) is 51.9 Å². The largest absolute Gasteiger partial charge is 0.444 e. The van der Waals surface area contributed by atoms with E-state index in [-0.39, 0.29) is 30.7 Å². The minimum absolute atomic E-state index is 0.0973. The van der Waals surface area contributed by atoms with Gasteiger partial charge in [0.2, 0.25) is 11.8 Å². The molecule has 2 rings (SSSR count). The lowest BCUT2D eigenvalue weighted by molar-refractivity contribution is -0.132. The van der Waals surface area contributed by atoms with Crippen molar-refractivity contribution >= 4 is 39.3 Å². The summed E-state index contributed by atoms with van der Waals surface area (Å²) in [5.41, 5.74) is 2.64. The third-order valence-corrected chi connectivity index (χ3v) is 4.18. The van der Waals surface area contributed by atoms with Gasteiger partial charge in [-0.15, -0.1) is 0 Å². The number of furan rings is 1. The lowest BCUT2D eigenvalue weighted by Gasteiger charge is -2.18. The van der Waals surface area contributed by atoms with Crippen molar-refractivity contribution in [3.8, 4) is 0 Å². The van der Waals surface area contributed by atoms with Gasteiger partial charge >= 0.3 is 0 Å². The minimum atomic E-state index is -0.502. The van der Waals surface area contributed by atoms with Crippen molar-refractivity contribution in [1.29, 1.82) is 0 Å². The van der Waals surface area contributed by atoms with Crippen LogP contribution in [0.5, 0.6) is 0 Å². The van der Waals surface area contributed by atoms with Crippen LogP contribution in [-0.2, 0) is 9.59 Å². The van der Waals surface area contributed by atoms with E-state index in [9.17, 15) is 14.4 Å². The molecule has 26 heavy (non-hydrogen) atoms. The molecule has 0 saturated heterocycles. The van der Waals surface area contributed by atoms with Crippen LogP contribution in [-0.4, -0.2) is 42.8 Å². The first kappa shape index (κ1) is 19.7. The summed E-state index contributed by atoms with van der Waals surface area (Å²) in [7, 11) is 1.50. The number of benzene rings is 1. The fraction of sp³-hybridized carbons (Fsp3) is 0.278. The van der Waals surface area contributed by atoms with Crippen molar-refractivity contribution in [3.63, 3.8) is 0 Å². The molecule has 1 aromatic heterocycles. The van der Waals surface area contributed by atoms with Crippen LogP contribution in [0.1, 0.15) is 21.7 Å². The maximum atomic E-state index is 12.2. The molecule has 1 aromatic carbocycles. The molecule has 0 bridgehead atoms. The summed E-state index contributed by atoms with van der Waals surface area (Å²) in [5, 5.41) is 5.28. The molecule has 0 aliphatic heterocycles. The Morgan fingerprint density at radius 2 is 1.77 bits per heavy atom. The molecule has 3 amide bonds. The number of rotatable bonds is 6. The molecule has 2 N–H and O–H groups in total. The predicted octanol–water partition coefficient (Wildman–Crippen LogP) is 2.49. The second-order valence-electron chi connectivity index (χ2n) is 5.85. The summed E-state index contributed by atoms with van der Waals surface area (Å²) in [4.78, 5) is 37.4. The predicted molar refractivity (Wildman–Crippen MR) is 101 cm³/mol. The van der Waals surface area contributed by atoms with E-state index in [1.807, 2.05) is 32.0 Å². The van der Waals surface area contributed by atoms with Crippen molar-refractivity contribution < 1.29 is 18.8 Å². The average molecular weight is 422 g/mol. The Morgan fingerprint density at radius 1 is 1.12 bits per heavy atom. The van der Waals surface area contributed by atoms with Gasteiger partial charge in [-0.25, -0.2) is 0 Å². The van der Waals surface area contributed by atoms with Gasteiger partial charge in [0.05, 0.1) is 13.1 Å². The van der Waals surface area contributed by atoms with Crippen LogP contribution in [0.3, 0.4) is 0 Å². The highest BCUT2D eigenvalue weighted by Crippen LogP contribution is 2.19. The van der Waals surface area contributed by atoms with Gasteiger partial charge in [-0.05, 0) is 53.0 Å². The van der Waals surface area contributed by atoms with E-state index >= 15 is 0 Å². The number of hydrogen-bond acceptors (Lipinski definition) is 4. The van der Waals surface area contributed by atoms with Crippen LogP contribution in [0.2, 0.25) is 0 Å². The molecule has 1 heterocycles. The van der Waals surface area contributed by atoms with Gasteiger partial charge in [0.1, 0.15) is 0 Å². The topological polar surface area (TPSA) is 91.7 Å². The Morgan fingerprint density at radius 3 is 2.35 bits per heavy atom. The van der Waals surface area contributed by atoms with Gasteiger partial charge in [-0.1, -0.05) is 18.2 Å². The molecular weight excluding hydrogens is 402 g/mol. The van der Waals surface area contributed by atoms with Crippen molar-refractivity contribution in [2.24, 2.45) is 0 Å². The van der Waals surface area contributed by atoms with Gasteiger partial charge in [0.15, 0.2) is 10.4 Å². The third-order valence-electron chi connectivity index (χ3n) is 3.75. The Bertz CT molecular complexity index is 811. The van der Waals surface area contributed by atoms with Crippen LogP contribution in [0.25, 0.3) is 0 Å². The summed E-state index contributed by atoms with van der Waals surface area (Å²) in [5.74, 6) is -1.10. The van der Waals surface area contributed by atoms with E-state index in [1.54, 1.807) is 6.07 Å². The fourth-order valence-corrected chi connectivity index (χ4v) is 2.62. The Balaban J connectivity index is 1.84. The van der Waals surface area contributed by atoms with Crippen molar-refractivity contribution in [2.75, 3.05) is 25.5 Å². The Hall–Kier alpha value is -2.61. The number of amides is 3. The highest BCUT2D eigenvalue weighted by molar-refractivity contribution is 9.10. The minimum Gasteiger partial charge on any atom is -0.444 e. The first-order chi connectivity index (χ1) is 12.3. The maximum Gasteiger partial charge on any atom is 0.287 e. The van der Waals surface area contributed by atoms with Crippen LogP contribution >= 0.6 is 15.9 Å². The molecule has 0 saturated carbocycles. The van der Waals surface area contributed by atoms with Crippen molar-refractivity contribution in [2.45, 2.75) is 13.8 Å². The summed E-state index contributed by atoms with van der Waals surface area (Å²) < 4.78 is 5.53. The summed E-state index contributed by atoms with van der Waals surface area (Å²) in [6.45, 7) is 3.46. The number of carbonyl (C=O) groups excluding carboxylic acids is 3. The monoisotopic (exact) mass is 421 g/mol. The highest BCUT2D eigenvalue weighted by Gasteiger charge is 2.17. The molecule has 8 heteroatoms. The van der Waals surface area contributed by atoms with E-state index in [2.05, 4.69) is 26.6 Å². The SMILES string of the molecule is Cc1cccc(C)c1NC(=O)CN(C)C(=O)CNC(=O)c1ccc(Br)o1. The molecule has 0 aliphatic carbocycles. The molecular formula is C18H20BrN3O4. The highest BCUT2D eigenvalue weighted by atomic mass is 79.9. The molecule has 7 nitrogen and oxygen atoms in total. The van der Waals surface area contributed by atoms with Crippen LogP contribution in [0.4, 0.5) is 5.69 Å².